The van der Waals surface area contributed by atoms with Crippen LogP contribution in [-0.4, -0.2) is 4.98 Å². The molecule has 1 N–H and O–H groups in total. The van der Waals surface area contributed by atoms with Crippen LogP contribution >= 0.6 is 11.6 Å². The summed E-state index contributed by atoms with van der Waals surface area (Å²) in [7, 11) is 0. The predicted octanol–water partition coefficient (Wildman–Crippen LogP) is 4.01. The van der Waals surface area contributed by atoms with Gasteiger partial charge in [-0.25, -0.2) is 4.79 Å². The molecule has 1 heterocycles. The van der Waals surface area contributed by atoms with E-state index in [1.807, 2.05) is 24.3 Å². The Kier molecular flexibility index (Phi) is 3.36. The van der Waals surface area contributed by atoms with Crippen LogP contribution in [0.1, 0.15) is 29.0 Å². The van der Waals surface area contributed by atoms with E-state index in [2.05, 4.69) is 24.0 Å². The molecule has 0 radical (unpaired) electrons. The normalized spacial score (nSPS) is 12.7. The molecule has 2 aromatic carbocycles. The van der Waals surface area contributed by atoms with Crippen molar-refractivity contribution >= 4 is 22.7 Å². The Balaban J connectivity index is 1.97. The number of aromatic amines is 1. The van der Waals surface area contributed by atoms with Crippen molar-refractivity contribution in [3.8, 4) is 0 Å². The quantitative estimate of drug-likeness (QED) is 0.740. The Morgan fingerprint density at radius 1 is 1.15 bits per heavy atom. The third-order valence-electron chi connectivity index (χ3n) is 3.42. The van der Waals surface area contributed by atoms with Crippen LogP contribution in [0.15, 0.2) is 51.7 Å². The Labute approximate surface area is 121 Å². The fraction of sp³-hybridized carbons (Fsp3) is 0.188. The summed E-state index contributed by atoms with van der Waals surface area (Å²) in [6.45, 7) is 2.12. The Morgan fingerprint density at radius 3 is 2.55 bits per heavy atom. The first-order valence-corrected chi connectivity index (χ1v) is 6.96. The number of fused-ring (bicyclic) bond motifs is 1. The number of nitrogens with one attached hydrogen (secondary N) is 1. The number of hydrogen-bond acceptors (Lipinski definition) is 2. The summed E-state index contributed by atoms with van der Waals surface area (Å²) in [5.41, 5.74) is 4.43. The van der Waals surface area contributed by atoms with Gasteiger partial charge in [0.1, 0.15) is 0 Å². The zero-order chi connectivity index (χ0) is 14.1. The van der Waals surface area contributed by atoms with Crippen LogP contribution in [0.25, 0.3) is 11.1 Å². The van der Waals surface area contributed by atoms with Gasteiger partial charge in [0.2, 0.25) is 0 Å². The van der Waals surface area contributed by atoms with Gasteiger partial charge < -0.3 is 4.42 Å². The van der Waals surface area contributed by atoms with Crippen LogP contribution in [0.4, 0.5) is 0 Å². The van der Waals surface area contributed by atoms with Crippen LogP contribution in [0.3, 0.4) is 0 Å². The molecule has 0 bridgehead atoms. The molecule has 3 rings (SSSR count). The second kappa shape index (κ2) is 5.17. The molecule has 0 spiro atoms. The maximum absolute atomic E-state index is 11.2. The monoisotopic (exact) mass is 287 g/mol. The van der Waals surface area contributed by atoms with Crippen molar-refractivity contribution in [3.05, 3.63) is 69.7 Å². The molecule has 0 aliphatic carbocycles. The van der Waals surface area contributed by atoms with E-state index in [4.69, 9.17) is 16.0 Å². The summed E-state index contributed by atoms with van der Waals surface area (Å²) in [6, 6.07) is 13.8. The number of oxazole rings is 1. The van der Waals surface area contributed by atoms with Crippen LogP contribution < -0.4 is 5.76 Å². The minimum Gasteiger partial charge on any atom is -0.408 e. The van der Waals surface area contributed by atoms with Crippen molar-refractivity contribution in [3.63, 3.8) is 0 Å². The summed E-state index contributed by atoms with van der Waals surface area (Å²) in [4.78, 5) is 13.8. The lowest BCUT2D eigenvalue weighted by Crippen LogP contribution is -1.93. The SMILES string of the molecule is CCc1ccc(C(Cl)c2ccc3[nH]c(=O)oc3c2)cc1. The number of rotatable bonds is 3. The highest BCUT2D eigenvalue weighted by atomic mass is 35.5. The zero-order valence-corrected chi connectivity index (χ0v) is 11.8. The average molecular weight is 288 g/mol. The van der Waals surface area contributed by atoms with Crippen LogP contribution in [0.2, 0.25) is 0 Å². The molecule has 1 aromatic heterocycles. The van der Waals surface area contributed by atoms with Gasteiger partial charge >= 0.3 is 5.76 Å². The molecule has 3 aromatic rings. The number of halogens is 1. The van der Waals surface area contributed by atoms with Gasteiger partial charge in [-0.1, -0.05) is 37.3 Å². The smallest absolute Gasteiger partial charge is 0.408 e. The third kappa shape index (κ3) is 2.37. The lowest BCUT2D eigenvalue weighted by atomic mass is 10.0. The minimum atomic E-state index is -0.449. The van der Waals surface area contributed by atoms with Gasteiger partial charge in [-0.2, -0.15) is 0 Å². The zero-order valence-electron chi connectivity index (χ0n) is 11.0. The van der Waals surface area contributed by atoms with Gasteiger partial charge in [0.05, 0.1) is 10.9 Å². The molecule has 0 saturated carbocycles. The topological polar surface area (TPSA) is 46.0 Å². The molecule has 0 saturated heterocycles. The van der Waals surface area contributed by atoms with Crippen molar-refractivity contribution in [1.29, 1.82) is 0 Å². The van der Waals surface area contributed by atoms with E-state index >= 15 is 0 Å². The number of benzene rings is 2. The fourth-order valence-corrected chi connectivity index (χ4v) is 2.52. The third-order valence-corrected chi connectivity index (χ3v) is 3.92. The summed E-state index contributed by atoms with van der Waals surface area (Å²) < 4.78 is 5.06. The second-order valence-electron chi connectivity index (χ2n) is 4.73. The molecule has 0 amide bonds. The maximum Gasteiger partial charge on any atom is 0.417 e. The largest absolute Gasteiger partial charge is 0.417 e. The number of aromatic nitrogens is 1. The number of hydrogen-bond donors (Lipinski definition) is 1. The second-order valence-corrected chi connectivity index (χ2v) is 5.16. The van der Waals surface area contributed by atoms with Gasteiger partial charge in [0.15, 0.2) is 5.58 Å². The highest BCUT2D eigenvalue weighted by molar-refractivity contribution is 6.22. The lowest BCUT2D eigenvalue weighted by Gasteiger charge is -2.10. The molecular weight excluding hydrogens is 274 g/mol. The Morgan fingerprint density at radius 2 is 1.85 bits per heavy atom. The predicted molar refractivity (Wildman–Crippen MR) is 80.4 cm³/mol. The molecule has 3 nitrogen and oxygen atoms in total. The molecule has 20 heavy (non-hydrogen) atoms. The van der Waals surface area contributed by atoms with Gasteiger partial charge in [-0.05, 0) is 35.2 Å². The Hall–Kier alpha value is -2.00. The minimum absolute atomic E-state index is 0.259. The van der Waals surface area contributed by atoms with E-state index < -0.39 is 5.76 Å². The molecule has 0 fully saturated rings. The maximum atomic E-state index is 11.2. The number of H-pyrrole nitrogens is 1. The van der Waals surface area contributed by atoms with E-state index in [1.54, 1.807) is 6.07 Å². The molecule has 102 valence electrons. The van der Waals surface area contributed by atoms with Crippen LogP contribution in [0, 0.1) is 0 Å². The highest BCUT2D eigenvalue weighted by Gasteiger charge is 2.12. The fourth-order valence-electron chi connectivity index (χ4n) is 2.23. The van der Waals surface area contributed by atoms with E-state index in [0.717, 1.165) is 17.5 Å². The summed E-state index contributed by atoms with van der Waals surface area (Å²) in [5.74, 6) is -0.449. The summed E-state index contributed by atoms with van der Waals surface area (Å²) in [5, 5.41) is -0.259. The van der Waals surface area contributed by atoms with Crippen molar-refractivity contribution in [2.45, 2.75) is 18.7 Å². The van der Waals surface area contributed by atoms with Crippen LogP contribution in [-0.2, 0) is 6.42 Å². The first kappa shape index (κ1) is 13.0. The lowest BCUT2D eigenvalue weighted by molar-refractivity contribution is 0.555. The first-order chi connectivity index (χ1) is 9.67. The standard InChI is InChI=1S/C16H14ClNO2/c1-2-10-3-5-11(6-4-10)15(17)12-7-8-13-14(9-12)20-16(19)18-13/h3-9,15H,2H2,1H3,(H,18,19). The van der Waals surface area contributed by atoms with Gasteiger partial charge in [0.25, 0.3) is 0 Å². The Bertz CT molecular complexity index is 786. The van der Waals surface area contributed by atoms with E-state index in [-0.39, 0.29) is 5.38 Å². The van der Waals surface area contributed by atoms with Crippen molar-refractivity contribution < 1.29 is 4.42 Å². The molecule has 4 heteroatoms. The molecule has 1 atom stereocenters. The number of alkyl halides is 1. The van der Waals surface area contributed by atoms with Crippen molar-refractivity contribution in [2.24, 2.45) is 0 Å². The number of aryl methyl sites for hydroxylation is 1. The molecule has 0 aliphatic heterocycles. The van der Waals surface area contributed by atoms with E-state index in [1.165, 1.54) is 5.56 Å². The van der Waals surface area contributed by atoms with Gasteiger partial charge in [-0.3, -0.25) is 4.98 Å². The molecule has 0 aliphatic rings. The van der Waals surface area contributed by atoms with E-state index in [0.29, 0.717) is 11.1 Å². The van der Waals surface area contributed by atoms with Crippen LogP contribution in [0.5, 0.6) is 0 Å². The highest BCUT2D eigenvalue weighted by Crippen LogP contribution is 2.30. The first-order valence-electron chi connectivity index (χ1n) is 6.53. The average Bonchev–Trinajstić information content (AvgIpc) is 2.85. The van der Waals surface area contributed by atoms with E-state index in [9.17, 15) is 4.79 Å². The van der Waals surface area contributed by atoms with Gasteiger partial charge in [0, 0.05) is 0 Å². The summed E-state index contributed by atoms with van der Waals surface area (Å²) >= 11 is 6.50. The van der Waals surface area contributed by atoms with Gasteiger partial charge in [-0.15, -0.1) is 11.6 Å². The summed E-state index contributed by atoms with van der Waals surface area (Å²) in [6.07, 6.45) is 1.01. The molecule has 1 unspecified atom stereocenters. The van der Waals surface area contributed by atoms with Crippen molar-refractivity contribution in [2.75, 3.05) is 0 Å². The molecular formula is C16H14ClNO2. The van der Waals surface area contributed by atoms with Crippen molar-refractivity contribution in [1.82, 2.24) is 4.98 Å².